The van der Waals surface area contributed by atoms with Gasteiger partial charge in [-0.3, -0.25) is 0 Å². The van der Waals surface area contributed by atoms with E-state index < -0.39 is 0 Å². The molecular formula is C9H17Cl. The molecule has 0 heterocycles. The van der Waals surface area contributed by atoms with Gasteiger partial charge in [-0.1, -0.05) is 27.7 Å². The molecule has 0 nitrogen and oxygen atoms in total. The van der Waals surface area contributed by atoms with Crippen molar-refractivity contribution in [1.29, 1.82) is 0 Å². The van der Waals surface area contributed by atoms with Gasteiger partial charge in [-0.05, 0) is 23.7 Å². The van der Waals surface area contributed by atoms with E-state index in [1.165, 1.54) is 0 Å². The molecule has 5 atom stereocenters. The summed E-state index contributed by atoms with van der Waals surface area (Å²) in [5.41, 5.74) is 0. The lowest BCUT2D eigenvalue weighted by Gasteiger charge is -2.13. The molecule has 10 heavy (non-hydrogen) atoms. The summed E-state index contributed by atoms with van der Waals surface area (Å²) in [5, 5.41) is 0.407. The molecule has 0 aromatic heterocycles. The van der Waals surface area contributed by atoms with Crippen molar-refractivity contribution in [3.8, 4) is 0 Å². The summed E-state index contributed by atoms with van der Waals surface area (Å²) in [7, 11) is 0. The van der Waals surface area contributed by atoms with Crippen molar-refractivity contribution in [2.45, 2.75) is 33.1 Å². The second kappa shape index (κ2) is 2.73. The normalized spacial score (nSPS) is 55.5. The number of halogens is 1. The maximum absolute atomic E-state index is 6.20. The summed E-state index contributed by atoms with van der Waals surface area (Å²) in [6, 6.07) is 0. The molecule has 1 aliphatic rings. The molecule has 1 rings (SSSR count). The summed E-state index contributed by atoms with van der Waals surface area (Å²) in [6.07, 6.45) is 0. The SMILES string of the molecule is CC1C(Cl)[C@H](C)C(C)[C@@H]1C. The fourth-order valence-corrected chi connectivity index (χ4v) is 2.48. The molecule has 0 bridgehead atoms. The molecule has 1 heteroatoms. The third-order valence-corrected chi connectivity index (χ3v) is 4.29. The van der Waals surface area contributed by atoms with Gasteiger partial charge in [0.1, 0.15) is 0 Å². The highest BCUT2D eigenvalue weighted by Gasteiger charge is 2.39. The average Bonchev–Trinajstić information content (AvgIpc) is 2.07. The van der Waals surface area contributed by atoms with Gasteiger partial charge >= 0.3 is 0 Å². The Kier molecular flexibility index (Phi) is 2.29. The molecule has 0 saturated heterocycles. The lowest BCUT2D eigenvalue weighted by molar-refractivity contribution is 0.352. The molecule has 3 unspecified atom stereocenters. The van der Waals surface area contributed by atoms with Crippen LogP contribution >= 0.6 is 11.6 Å². The molecule has 1 fully saturated rings. The Balaban J connectivity index is 2.68. The van der Waals surface area contributed by atoms with Crippen LogP contribution in [0.15, 0.2) is 0 Å². The first-order valence-corrected chi connectivity index (χ1v) is 4.63. The lowest BCUT2D eigenvalue weighted by atomic mass is 9.92. The van der Waals surface area contributed by atoms with Crippen molar-refractivity contribution < 1.29 is 0 Å². The van der Waals surface area contributed by atoms with Gasteiger partial charge in [0.25, 0.3) is 0 Å². The van der Waals surface area contributed by atoms with Crippen molar-refractivity contribution in [3.05, 3.63) is 0 Å². The monoisotopic (exact) mass is 160 g/mol. The smallest absolute Gasteiger partial charge is 0.0392 e. The summed E-state index contributed by atoms with van der Waals surface area (Å²) in [4.78, 5) is 0. The first-order chi connectivity index (χ1) is 4.55. The van der Waals surface area contributed by atoms with Gasteiger partial charge in [0, 0.05) is 5.38 Å². The van der Waals surface area contributed by atoms with Gasteiger partial charge < -0.3 is 0 Å². The van der Waals surface area contributed by atoms with E-state index in [9.17, 15) is 0 Å². The summed E-state index contributed by atoms with van der Waals surface area (Å²) < 4.78 is 0. The molecule has 1 aliphatic carbocycles. The Morgan fingerprint density at radius 1 is 0.700 bits per heavy atom. The van der Waals surface area contributed by atoms with Gasteiger partial charge in [-0.2, -0.15) is 0 Å². The fraction of sp³-hybridized carbons (Fsp3) is 1.00. The summed E-state index contributed by atoms with van der Waals surface area (Å²) in [6.45, 7) is 9.16. The second-order valence-corrected chi connectivity index (χ2v) is 4.38. The fourth-order valence-electron chi connectivity index (χ4n) is 2.02. The van der Waals surface area contributed by atoms with E-state index in [0.717, 1.165) is 11.8 Å². The molecular weight excluding hydrogens is 144 g/mol. The van der Waals surface area contributed by atoms with E-state index in [1.807, 2.05) is 0 Å². The topological polar surface area (TPSA) is 0 Å². The minimum atomic E-state index is 0.407. The Hall–Kier alpha value is 0.290. The second-order valence-electron chi connectivity index (χ2n) is 3.88. The van der Waals surface area contributed by atoms with E-state index in [-0.39, 0.29) is 0 Å². The van der Waals surface area contributed by atoms with Gasteiger partial charge in [0.05, 0.1) is 0 Å². The van der Waals surface area contributed by atoms with Gasteiger partial charge in [0.2, 0.25) is 0 Å². The Morgan fingerprint density at radius 3 is 1.10 bits per heavy atom. The molecule has 0 N–H and O–H groups in total. The van der Waals surface area contributed by atoms with Crippen molar-refractivity contribution in [2.75, 3.05) is 0 Å². The standard InChI is InChI=1S/C9H17Cl/c1-5-6(2)8(4)9(10)7(5)3/h5-9H,1-4H3/t5-,6?,7?,8+,9?/m0/s1. The zero-order valence-corrected chi connectivity index (χ0v) is 8.02. The highest BCUT2D eigenvalue weighted by molar-refractivity contribution is 6.21. The maximum Gasteiger partial charge on any atom is 0.0392 e. The van der Waals surface area contributed by atoms with Crippen LogP contribution in [0.1, 0.15) is 27.7 Å². The number of hydrogen-bond acceptors (Lipinski definition) is 0. The van der Waals surface area contributed by atoms with Crippen LogP contribution in [0.25, 0.3) is 0 Å². The number of alkyl halides is 1. The zero-order chi connectivity index (χ0) is 7.89. The minimum Gasteiger partial charge on any atom is -0.122 e. The average molecular weight is 161 g/mol. The van der Waals surface area contributed by atoms with Crippen molar-refractivity contribution >= 4 is 11.6 Å². The van der Waals surface area contributed by atoms with E-state index in [2.05, 4.69) is 27.7 Å². The van der Waals surface area contributed by atoms with E-state index in [0.29, 0.717) is 17.2 Å². The van der Waals surface area contributed by atoms with E-state index >= 15 is 0 Å². The predicted molar refractivity (Wildman–Crippen MR) is 46.3 cm³/mol. The third kappa shape index (κ3) is 1.07. The lowest BCUT2D eigenvalue weighted by Crippen LogP contribution is -2.11. The van der Waals surface area contributed by atoms with Crippen LogP contribution in [0.5, 0.6) is 0 Å². The first-order valence-electron chi connectivity index (χ1n) is 4.19. The maximum atomic E-state index is 6.20. The zero-order valence-electron chi connectivity index (χ0n) is 7.26. The van der Waals surface area contributed by atoms with Crippen LogP contribution in [-0.2, 0) is 0 Å². The van der Waals surface area contributed by atoms with Crippen LogP contribution in [-0.4, -0.2) is 5.38 Å². The van der Waals surface area contributed by atoms with Gasteiger partial charge in [-0.15, -0.1) is 11.6 Å². The molecule has 1 saturated carbocycles. The molecule has 0 aromatic rings. The molecule has 0 aromatic carbocycles. The highest BCUT2D eigenvalue weighted by atomic mass is 35.5. The quantitative estimate of drug-likeness (QED) is 0.478. The largest absolute Gasteiger partial charge is 0.122 e. The number of rotatable bonds is 0. The molecule has 0 amide bonds. The van der Waals surface area contributed by atoms with Crippen LogP contribution in [0.2, 0.25) is 0 Å². The molecule has 0 spiro atoms. The van der Waals surface area contributed by atoms with E-state index in [1.54, 1.807) is 0 Å². The van der Waals surface area contributed by atoms with Crippen LogP contribution in [0.4, 0.5) is 0 Å². The Labute approximate surface area is 69.0 Å². The van der Waals surface area contributed by atoms with Crippen molar-refractivity contribution in [2.24, 2.45) is 23.7 Å². The van der Waals surface area contributed by atoms with Crippen LogP contribution < -0.4 is 0 Å². The van der Waals surface area contributed by atoms with Crippen molar-refractivity contribution in [3.63, 3.8) is 0 Å². The molecule has 0 aliphatic heterocycles. The summed E-state index contributed by atoms with van der Waals surface area (Å²) in [5.74, 6) is 3.01. The van der Waals surface area contributed by atoms with Crippen LogP contribution in [0, 0.1) is 23.7 Å². The van der Waals surface area contributed by atoms with Crippen molar-refractivity contribution in [1.82, 2.24) is 0 Å². The minimum absolute atomic E-state index is 0.407. The molecule has 0 radical (unpaired) electrons. The van der Waals surface area contributed by atoms with E-state index in [4.69, 9.17) is 11.6 Å². The van der Waals surface area contributed by atoms with Gasteiger partial charge in [-0.25, -0.2) is 0 Å². The number of hydrogen-bond donors (Lipinski definition) is 0. The highest BCUT2D eigenvalue weighted by Crippen LogP contribution is 2.43. The Morgan fingerprint density at radius 2 is 1.00 bits per heavy atom. The molecule has 60 valence electrons. The third-order valence-electron chi connectivity index (χ3n) is 3.49. The van der Waals surface area contributed by atoms with Crippen LogP contribution in [0.3, 0.4) is 0 Å². The summed E-state index contributed by atoms with van der Waals surface area (Å²) >= 11 is 6.20. The Bertz CT molecular complexity index is 77.1. The first kappa shape index (κ1) is 8.39. The van der Waals surface area contributed by atoms with Gasteiger partial charge in [0.15, 0.2) is 0 Å². The predicted octanol–water partition coefficient (Wildman–Crippen LogP) is 3.15.